The molecule has 228 valence electrons. The van der Waals surface area contributed by atoms with Gasteiger partial charge in [0.1, 0.15) is 17.5 Å². The van der Waals surface area contributed by atoms with Crippen LogP contribution in [0.5, 0.6) is 0 Å². The number of carbonyl (C=O) groups excluding carboxylic acids is 1. The minimum Gasteiger partial charge on any atom is -0.444 e. The Bertz CT molecular complexity index is 1530. The number of nitrogens with one attached hydrogen (secondary N) is 1. The molecule has 1 N–H and O–H groups in total. The van der Waals surface area contributed by atoms with Crippen LogP contribution < -0.4 is 15.1 Å². The molecule has 11 heteroatoms. The Labute approximate surface area is 253 Å². The molecule has 1 aromatic carbocycles. The summed E-state index contributed by atoms with van der Waals surface area (Å²) in [6.07, 6.45) is 6.89. The summed E-state index contributed by atoms with van der Waals surface area (Å²) in [5, 5.41) is 17.7. The van der Waals surface area contributed by atoms with Crippen LogP contribution in [0, 0.1) is 16.7 Å². The average Bonchev–Trinajstić information content (AvgIpc) is 3.51. The normalized spacial score (nSPS) is 22.2. The molecule has 0 saturated carbocycles. The molecule has 3 aliphatic rings. The fourth-order valence-electron chi connectivity index (χ4n) is 6.75. The molecule has 3 aromatic rings. The minimum absolute atomic E-state index is 0.102. The van der Waals surface area contributed by atoms with Gasteiger partial charge < -0.3 is 24.6 Å². The Morgan fingerprint density at radius 3 is 2.72 bits per heavy atom. The summed E-state index contributed by atoms with van der Waals surface area (Å²) in [7, 11) is 1.86. The maximum Gasteiger partial charge on any atom is 0.408 e. The number of aromatic nitrogens is 4. The summed E-state index contributed by atoms with van der Waals surface area (Å²) in [6, 6.07) is 10.2. The van der Waals surface area contributed by atoms with E-state index >= 15 is 0 Å². The van der Waals surface area contributed by atoms with Crippen LogP contribution in [0.2, 0.25) is 0 Å². The number of anilines is 2. The molecular formula is C32H42N8O3. The number of ether oxygens (including phenoxy) is 2. The van der Waals surface area contributed by atoms with Crippen LogP contribution in [0.3, 0.4) is 0 Å². The Kier molecular flexibility index (Phi) is 7.67. The largest absolute Gasteiger partial charge is 0.444 e. The predicted molar refractivity (Wildman–Crippen MR) is 164 cm³/mol. The van der Waals surface area contributed by atoms with E-state index in [0.29, 0.717) is 23.6 Å². The quantitative estimate of drug-likeness (QED) is 0.425. The summed E-state index contributed by atoms with van der Waals surface area (Å²) in [5.41, 5.74) is 3.15. The molecule has 0 radical (unpaired) electrons. The topological polar surface area (TPSA) is 121 Å². The third-order valence-electron chi connectivity index (χ3n) is 9.17. The SMILES string of the molecule is CC(C#N)N(C)c1nn(C2CCCCO2)c2nc(N3CCC4(CC3)Cc3ccccc3[C@H]4NC(=O)OC(C)(C)C)cnc12. The van der Waals surface area contributed by atoms with Crippen molar-refractivity contribution in [1.82, 2.24) is 25.1 Å². The number of piperidine rings is 1. The summed E-state index contributed by atoms with van der Waals surface area (Å²) < 4.78 is 13.6. The summed E-state index contributed by atoms with van der Waals surface area (Å²) in [5.74, 6) is 1.43. The van der Waals surface area contributed by atoms with Gasteiger partial charge in [-0.1, -0.05) is 24.3 Å². The van der Waals surface area contributed by atoms with Crippen molar-refractivity contribution in [3.8, 4) is 6.07 Å². The van der Waals surface area contributed by atoms with Gasteiger partial charge >= 0.3 is 6.09 Å². The van der Waals surface area contributed by atoms with Crippen LogP contribution in [0.15, 0.2) is 30.5 Å². The van der Waals surface area contributed by atoms with Crippen molar-refractivity contribution >= 4 is 28.9 Å². The van der Waals surface area contributed by atoms with Gasteiger partial charge in [0.25, 0.3) is 0 Å². The third kappa shape index (κ3) is 5.60. The number of hydrogen-bond acceptors (Lipinski definition) is 9. The van der Waals surface area contributed by atoms with Crippen molar-refractivity contribution in [3.63, 3.8) is 0 Å². The van der Waals surface area contributed by atoms with Crippen LogP contribution in [0.4, 0.5) is 16.4 Å². The van der Waals surface area contributed by atoms with Crippen LogP contribution in [0.1, 0.15) is 83.2 Å². The van der Waals surface area contributed by atoms with Gasteiger partial charge in [0.15, 0.2) is 23.2 Å². The monoisotopic (exact) mass is 586 g/mol. The highest BCUT2D eigenvalue weighted by molar-refractivity contribution is 5.85. The van der Waals surface area contributed by atoms with Crippen molar-refractivity contribution < 1.29 is 14.3 Å². The highest BCUT2D eigenvalue weighted by Crippen LogP contribution is 2.52. The lowest BCUT2D eigenvalue weighted by Gasteiger charge is -2.43. The summed E-state index contributed by atoms with van der Waals surface area (Å²) in [4.78, 5) is 27.0. The van der Waals surface area contributed by atoms with Gasteiger partial charge in [0.2, 0.25) is 0 Å². The zero-order valence-corrected chi connectivity index (χ0v) is 25.8. The molecule has 1 spiro atoms. The second-order valence-electron chi connectivity index (χ2n) is 13.2. The number of rotatable bonds is 5. The number of amides is 1. The molecule has 1 aliphatic carbocycles. The van der Waals surface area contributed by atoms with E-state index in [9.17, 15) is 10.1 Å². The van der Waals surface area contributed by atoms with Crippen LogP contribution in [0.25, 0.3) is 11.2 Å². The van der Waals surface area contributed by atoms with Gasteiger partial charge in [-0.15, -0.1) is 5.10 Å². The predicted octanol–water partition coefficient (Wildman–Crippen LogP) is 5.28. The molecule has 2 aromatic heterocycles. The zero-order valence-electron chi connectivity index (χ0n) is 25.8. The lowest BCUT2D eigenvalue weighted by molar-refractivity contribution is -0.0369. The first-order chi connectivity index (χ1) is 20.6. The van der Waals surface area contributed by atoms with Gasteiger partial charge in [-0.05, 0) is 77.3 Å². The molecule has 6 rings (SSSR count). The molecule has 2 aliphatic heterocycles. The maximum atomic E-state index is 12.9. The van der Waals surface area contributed by atoms with Gasteiger partial charge in [0.05, 0.1) is 18.3 Å². The molecule has 2 saturated heterocycles. The van der Waals surface area contributed by atoms with Gasteiger partial charge in [-0.25, -0.2) is 19.4 Å². The molecule has 0 bridgehead atoms. The summed E-state index contributed by atoms with van der Waals surface area (Å²) >= 11 is 0. The van der Waals surface area contributed by atoms with Crippen molar-refractivity contribution in [2.24, 2.45) is 5.41 Å². The number of carbonyl (C=O) groups is 1. The molecular weight excluding hydrogens is 544 g/mol. The van der Waals surface area contributed by atoms with E-state index in [0.717, 1.165) is 57.4 Å². The van der Waals surface area contributed by atoms with E-state index in [1.807, 2.05) is 56.6 Å². The van der Waals surface area contributed by atoms with Crippen molar-refractivity contribution in [1.29, 1.82) is 5.26 Å². The number of nitrogens with zero attached hydrogens (tertiary/aromatic N) is 7. The lowest BCUT2D eigenvalue weighted by Crippen LogP contribution is -2.48. The molecule has 4 heterocycles. The first kappa shape index (κ1) is 29.2. The third-order valence-corrected chi connectivity index (χ3v) is 9.17. The molecule has 43 heavy (non-hydrogen) atoms. The number of benzene rings is 1. The Hall–Kier alpha value is -3.91. The maximum absolute atomic E-state index is 12.9. The molecule has 2 unspecified atom stereocenters. The Morgan fingerprint density at radius 2 is 2.02 bits per heavy atom. The van der Waals surface area contributed by atoms with E-state index in [-0.39, 0.29) is 29.8 Å². The van der Waals surface area contributed by atoms with Crippen LogP contribution in [-0.4, -0.2) is 64.2 Å². The van der Waals surface area contributed by atoms with E-state index in [2.05, 4.69) is 34.5 Å². The van der Waals surface area contributed by atoms with Crippen molar-refractivity contribution in [2.75, 3.05) is 36.5 Å². The summed E-state index contributed by atoms with van der Waals surface area (Å²) in [6.45, 7) is 9.77. The van der Waals surface area contributed by atoms with E-state index < -0.39 is 5.60 Å². The van der Waals surface area contributed by atoms with Crippen LogP contribution >= 0.6 is 0 Å². The van der Waals surface area contributed by atoms with E-state index in [1.165, 1.54) is 11.1 Å². The van der Waals surface area contributed by atoms with Gasteiger partial charge in [-0.2, -0.15) is 5.26 Å². The van der Waals surface area contributed by atoms with Crippen molar-refractivity contribution in [3.05, 3.63) is 41.6 Å². The molecule has 1 amide bonds. The number of alkyl carbamates (subject to hydrolysis) is 1. The van der Waals surface area contributed by atoms with Gasteiger partial charge in [-0.3, -0.25) is 0 Å². The standard InChI is InChI=1S/C32H42N8O3/c1-21(19-33)38(5)29-26-28(40(37-29)25-12-8-9-17-42-25)35-24(20-34-26)39-15-13-32(14-16-39)18-22-10-6-7-11-23(22)27(32)36-30(41)43-31(2,3)4/h6-7,10-11,20-21,25,27H,8-9,12-18H2,1-5H3,(H,36,41)/t21?,25?,27-/m1/s1. The first-order valence-electron chi connectivity index (χ1n) is 15.4. The fourth-order valence-corrected chi connectivity index (χ4v) is 6.75. The minimum atomic E-state index is -0.563. The van der Waals surface area contributed by atoms with E-state index in [1.54, 1.807) is 0 Å². The lowest BCUT2D eigenvalue weighted by atomic mass is 9.72. The second-order valence-corrected chi connectivity index (χ2v) is 13.2. The zero-order chi connectivity index (χ0) is 30.4. The second kappa shape index (κ2) is 11.3. The molecule has 2 fully saturated rings. The molecule has 11 nitrogen and oxygen atoms in total. The smallest absolute Gasteiger partial charge is 0.408 e. The van der Waals surface area contributed by atoms with E-state index in [4.69, 9.17) is 24.5 Å². The van der Waals surface area contributed by atoms with Crippen molar-refractivity contribution in [2.45, 2.75) is 90.1 Å². The Balaban J connectivity index is 1.27. The Morgan fingerprint density at radius 1 is 1.26 bits per heavy atom. The fraction of sp³-hybridized carbons (Fsp3) is 0.594. The average molecular weight is 587 g/mol. The first-order valence-corrected chi connectivity index (χ1v) is 15.4. The number of hydrogen-bond donors (Lipinski definition) is 1. The molecule has 3 atom stereocenters. The highest BCUT2D eigenvalue weighted by Gasteiger charge is 2.49. The van der Waals surface area contributed by atoms with Gasteiger partial charge in [0, 0.05) is 32.2 Å². The number of fused-ring (bicyclic) bond motifs is 2. The van der Waals surface area contributed by atoms with Crippen LogP contribution in [-0.2, 0) is 15.9 Å². The number of nitriles is 1. The highest BCUT2D eigenvalue weighted by atomic mass is 16.6.